The molecule has 1 fully saturated rings. The molecule has 1 N–H and O–H groups in total. The van der Waals surface area contributed by atoms with Crippen LogP contribution in [0.4, 0.5) is 10.5 Å². The zero-order valence-electron chi connectivity index (χ0n) is 10.8. The summed E-state index contributed by atoms with van der Waals surface area (Å²) < 4.78 is 0. The first kappa shape index (κ1) is 13.2. The molecule has 2 rings (SSSR count). The third-order valence-electron chi connectivity index (χ3n) is 3.25. The highest BCUT2D eigenvalue weighted by Gasteiger charge is 2.25. The highest BCUT2D eigenvalue weighted by Crippen LogP contribution is 2.22. The van der Waals surface area contributed by atoms with E-state index in [-0.39, 0.29) is 6.03 Å². The van der Waals surface area contributed by atoms with Gasteiger partial charge in [-0.2, -0.15) is 0 Å². The smallest absolute Gasteiger partial charge is 0.321 e. The van der Waals surface area contributed by atoms with Gasteiger partial charge in [-0.3, -0.25) is 0 Å². The van der Waals surface area contributed by atoms with E-state index in [4.69, 9.17) is 11.6 Å². The molecule has 1 heterocycles. The summed E-state index contributed by atoms with van der Waals surface area (Å²) in [5.41, 5.74) is 0.787. The van der Waals surface area contributed by atoms with Gasteiger partial charge in [-0.1, -0.05) is 25.4 Å². The number of benzene rings is 1. The Morgan fingerprint density at radius 3 is 2.33 bits per heavy atom. The van der Waals surface area contributed by atoms with Crippen molar-refractivity contribution in [3.63, 3.8) is 0 Å². The van der Waals surface area contributed by atoms with Crippen molar-refractivity contribution in [3.05, 3.63) is 29.3 Å². The summed E-state index contributed by atoms with van der Waals surface area (Å²) in [6, 6.07) is 7.17. The molecule has 1 aliphatic rings. The Morgan fingerprint density at radius 1 is 1.22 bits per heavy atom. The van der Waals surface area contributed by atoms with Crippen molar-refractivity contribution in [2.45, 2.75) is 20.3 Å². The van der Waals surface area contributed by atoms with Gasteiger partial charge < -0.3 is 10.2 Å². The van der Waals surface area contributed by atoms with Crippen LogP contribution in [-0.4, -0.2) is 24.0 Å². The molecule has 0 aliphatic carbocycles. The van der Waals surface area contributed by atoms with Gasteiger partial charge in [0.15, 0.2) is 0 Å². The molecule has 0 bridgehead atoms. The Morgan fingerprint density at radius 2 is 1.78 bits per heavy atom. The minimum absolute atomic E-state index is 0.0178. The number of amides is 2. The van der Waals surface area contributed by atoms with Crippen LogP contribution in [0.1, 0.15) is 20.3 Å². The van der Waals surface area contributed by atoms with Crippen LogP contribution in [0.2, 0.25) is 5.02 Å². The number of urea groups is 1. The Kier molecular flexibility index (Phi) is 4.12. The monoisotopic (exact) mass is 266 g/mol. The second kappa shape index (κ2) is 5.61. The molecule has 0 spiro atoms. The number of carbonyl (C=O) groups is 1. The predicted molar refractivity (Wildman–Crippen MR) is 75.0 cm³/mol. The summed E-state index contributed by atoms with van der Waals surface area (Å²) in [6.07, 6.45) is 1.20. The molecule has 1 aromatic carbocycles. The Labute approximate surface area is 113 Å². The summed E-state index contributed by atoms with van der Waals surface area (Å²) in [4.78, 5) is 14.0. The summed E-state index contributed by atoms with van der Waals surface area (Å²) in [5, 5.41) is 3.58. The van der Waals surface area contributed by atoms with Gasteiger partial charge in [0, 0.05) is 23.8 Å². The van der Waals surface area contributed by atoms with E-state index < -0.39 is 0 Å². The van der Waals surface area contributed by atoms with Gasteiger partial charge in [0.2, 0.25) is 0 Å². The zero-order valence-corrected chi connectivity index (χ0v) is 11.6. The van der Waals surface area contributed by atoms with Gasteiger partial charge in [0.1, 0.15) is 0 Å². The highest BCUT2D eigenvalue weighted by atomic mass is 35.5. The lowest BCUT2D eigenvalue weighted by Gasteiger charge is -2.34. The maximum absolute atomic E-state index is 12.1. The zero-order chi connectivity index (χ0) is 13.1. The van der Waals surface area contributed by atoms with Crippen molar-refractivity contribution >= 4 is 23.3 Å². The normalized spacial score (nSPS) is 23.8. The average molecular weight is 267 g/mol. The van der Waals surface area contributed by atoms with Crippen LogP contribution >= 0.6 is 11.6 Å². The number of halogens is 1. The van der Waals surface area contributed by atoms with Crippen molar-refractivity contribution < 1.29 is 4.79 Å². The largest absolute Gasteiger partial charge is 0.324 e. The van der Waals surface area contributed by atoms with Gasteiger partial charge in [-0.15, -0.1) is 0 Å². The van der Waals surface area contributed by atoms with Gasteiger partial charge in [-0.05, 0) is 42.5 Å². The van der Waals surface area contributed by atoms with Crippen LogP contribution in [0.15, 0.2) is 24.3 Å². The number of hydrogen-bond acceptors (Lipinski definition) is 1. The molecule has 0 radical (unpaired) electrons. The van der Waals surface area contributed by atoms with E-state index in [2.05, 4.69) is 19.2 Å². The van der Waals surface area contributed by atoms with Crippen LogP contribution in [0.5, 0.6) is 0 Å². The second-order valence-electron chi connectivity index (χ2n) is 5.29. The SMILES string of the molecule is CC1CC(C)CN(C(=O)Nc2ccc(Cl)cc2)C1. The molecule has 1 saturated heterocycles. The van der Waals surface area contributed by atoms with E-state index in [1.807, 2.05) is 17.0 Å². The molecule has 0 saturated carbocycles. The topological polar surface area (TPSA) is 32.3 Å². The summed E-state index contributed by atoms with van der Waals surface area (Å²) >= 11 is 5.81. The molecule has 2 unspecified atom stereocenters. The average Bonchev–Trinajstić information content (AvgIpc) is 2.31. The number of hydrogen-bond donors (Lipinski definition) is 1. The third-order valence-corrected chi connectivity index (χ3v) is 3.50. The summed E-state index contributed by atoms with van der Waals surface area (Å²) in [5.74, 6) is 1.15. The summed E-state index contributed by atoms with van der Waals surface area (Å²) in [6.45, 7) is 6.06. The molecule has 1 aromatic rings. The maximum Gasteiger partial charge on any atom is 0.321 e. The number of nitrogens with zero attached hydrogens (tertiary/aromatic N) is 1. The number of anilines is 1. The molecule has 1 aliphatic heterocycles. The van der Waals surface area contributed by atoms with Gasteiger partial charge in [0.05, 0.1) is 0 Å². The fourth-order valence-corrected chi connectivity index (χ4v) is 2.69. The Hall–Kier alpha value is -1.22. The van der Waals surface area contributed by atoms with Crippen LogP contribution < -0.4 is 5.32 Å². The van der Waals surface area contributed by atoms with E-state index in [9.17, 15) is 4.79 Å². The van der Waals surface area contributed by atoms with E-state index in [1.54, 1.807) is 12.1 Å². The third kappa shape index (κ3) is 3.39. The van der Waals surface area contributed by atoms with Crippen LogP contribution in [0.3, 0.4) is 0 Å². The highest BCUT2D eigenvalue weighted by molar-refractivity contribution is 6.30. The van der Waals surface area contributed by atoms with Crippen LogP contribution in [-0.2, 0) is 0 Å². The van der Waals surface area contributed by atoms with Crippen molar-refractivity contribution in [2.75, 3.05) is 18.4 Å². The van der Waals surface area contributed by atoms with Gasteiger partial charge in [0.25, 0.3) is 0 Å². The number of nitrogens with one attached hydrogen (secondary N) is 1. The van der Waals surface area contributed by atoms with Crippen LogP contribution in [0.25, 0.3) is 0 Å². The summed E-state index contributed by atoms with van der Waals surface area (Å²) in [7, 11) is 0. The van der Waals surface area contributed by atoms with E-state index in [0.29, 0.717) is 16.9 Å². The van der Waals surface area contributed by atoms with Gasteiger partial charge >= 0.3 is 6.03 Å². The number of likely N-dealkylation sites (tertiary alicyclic amines) is 1. The number of rotatable bonds is 1. The lowest BCUT2D eigenvalue weighted by Crippen LogP contribution is -2.44. The minimum Gasteiger partial charge on any atom is -0.324 e. The predicted octanol–water partition coefficient (Wildman–Crippen LogP) is 3.85. The maximum atomic E-state index is 12.1. The molecule has 0 aromatic heterocycles. The minimum atomic E-state index is -0.0178. The van der Waals surface area contributed by atoms with Crippen molar-refractivity contribution in [2.24, 2.45) is 11.8 Å². The molecule has 2 amide bonds. The van der Waals surface area contributed by atoms with E-state index >= 15 is 0 Å². The van der Waals surface area contributed by atoms with E-state index in [1.165, 1.54) is 6.42 Å². The van der Waals surface area contributed by atoms with Crippen molar-refractivity contribution in [1.82, 2.24) is 4.90 Å². The van der Waals surface area contributed by atoms with E-state index in [0.717, 1.165) is 18.8 Å². The standard InChI is InChI=1S/C14H19ClN2O/c1-10-7-11(2)9-17(8-10)14(18)16-13-5-3-12(15)4-6-13/h3-6,10-11H,7-9H2,1-2H3,(H,16,18). The molecule has 98 valence electrons. The molecule has 3 nitrogen and oxygen atoms in total. The van der Waals surface area contributed by atoms with Crippen molar-refractivity contribution in [3.8, 4) is 0 Å². The molecule has 4 heteroatoms. The Balaban J connectivity index is 1.97. The molecule has 18 heavy (non-hydrogen) atoms. The fourth-order valence-electron chi connectivity index (χ4n) is 2.56. The quantitative estimate of drug-likeness (QED) is 0.823. The lowest BCUT2D eigenvalue weighted by atomic mass is 9.92. The lowest BCUT2D eigenvalue weighted by molar-refractivity contribution is 0.156. The number of piperidine rings is 1. The number of carbonyl (C=O) groups excluding carboxylic acids is 1. The molecular formula is C14H19ClN2O. The van der Waals surface area contributed by atoms with Crippen LogP contribution in [0, 0.1) is 11.8 Å². The molecule has 2 atom stereocenters. The molecular weight excluding hydrogens is 248 g/mol. The van der Waals surface area contributed by atoms with Gasteiger partial charge in [-0.25, -0.2) is 4.79 Å². The van der Waals surface area contributed by atoms with Crippen molar-refractivity contribution in [1.29, 1.82) is 0 Å². The Bertz CT molecular complexity index is 408. The first-order valence-corrected chi connectivity index (χ1v) is 6.74. The first-order chi connectivity index (χ1) is 8.54. The fraction of sp³-hybridized carbons (Fsp3) is 0.500. The first-order valence-electron chi connectivity index (χ1n) is 6.36. The second-order valence-corrected chi connectivity index (χ2v) is 5.72.